The Labute approximate surface area is 135 Å². The lowest BCUT2D eigenvalue weighted by atomic mass is 10.0. The van der Waals surface area contributed by atoms with Crippen molar-refractivity contribution in [3.8, 4) is 22.5 Å². The summed E-state index contributed by atoms with van der Waals surface area (Å²) in [4.78, 5) is 11.9. The van der Waals surface area contributed by atoms with E-state index in [2.05, 4.69) is 6.07 Å². The molecule has 0 aliphatic carbocycles. The number of carbonyl (C=O) groups excluding carboxylic acids is 1. The summed E-state index contributed by atoms with van der Waals surface area (Å²) in [6.07, 6.45) is 1.55. The summed E-state index contributed by atoms with van der Waals surface area (Å²) < 4.78 is 10.6. The van der Waals surface area contributed by atoms with Crippen molar-refractivity contribution in [2.24, 2.45) is 0 Å². The molecule has 3 rings (SSSR count). The fraction of sp³-hybridized carbons (Fsp3) is 0.150. The van der Waals surface area contributed by atoms with Crippen LogP contribution in [-0.2, 0) is 4.74 Å². The summed E-state index contributed by atoms with van der Waals surface area (Å²) in [6, 6.07) is 19.4. The van der Waals surface area contributed by atoms with E-state index in [-0.39, 0.29) is 12.1 Å². The minimum Gasteiger partial charge on any atom is -0.464 e. The molecule has 0 N–H and O–H groups in total. The van der Waals surface area contributed by atoms with E-state index >= 15 is 0 Å². The van der Waals surface area contributed by atoms with Gasteiger partial charge in [0.2, 0.25) is 0 Å². The zero-order valence-electron chi connectivity index (χ0n) is 13.2. The molecule has 116 valence electrons. The van der Waals surface area contributed by atoms with Crippen molar-refractivity contribution in [2.75, 3.05) is 0 Å². The zero-order valence-corrected chi connectivity index (χ0v) is 13.2. The maximum atomic E-state index is 11.9. The highest BCUT2D eigenvalue weighted by Gasteiger charge is 2.09. The molecule has 0 aliphatic heterocycles. The lowest BCUT2D eigenvalue weighted by Crippen LogP contribution is -2.11. The fourth-order valence-electron chi connectivity index (χ4n) is 2.38. The SMILES string of the molecule is CC(C)OC(=O)c1ccc(-c2cccc(-c3ccco3)c2)cc1. The van der Waals surface area contributed by atoms with Gasteiger partial charge >= 0.3 is 5.97 Å². The molecule has 0 saturated heterocycles. The van der Waals surface area contributed by atoms with Crippen LogP contribution in [0.1, 0.15) is 24.2 Å². The quantitative estimate of drug-likeness (QED) is 0.623. The van der Waals surface area contributed by atoms with Crippen molar-refractivity contribution in [3.05, 3.63) is 72.5 Å². The highest BCUT2D eigenvalue weighted by molar-refractivity contribution is 5.90. The van der Waals surface area contributed by atoms with Crippen LogP contribution >= 0.6 is 0 Å². The van der Waals surface area contributed by atoms with E-state index in [1.165, 1.54) is 0 Å². The third-order valence-corrected chi connectivity index (χ3v) is 3.46. The second-order valence-electron chi connectivity index (χ2n) is 5.59. The molecule has 1 aromatic heterocycles. The van der Waals surface area contributed by atoms with Crippen molar-refractivity contribution in [3.63, 3.8) is 0 Å². The summed E-state index contributed by atoms with van der Waals surface area (Å²) in [6.45, 7) is 3.68. The van der Waals surface area contributed by atoms with Gasteiger partial charge in [0.1, 0.15) is 5.76 Å². The van der Waals surface area contributed by atoms with Gasteiger partial charge in [-0.2, -0.15) is 0 Å². The number of esters is 1. The Kier molecular flexibility index (Phi) is 4.29. The van der Waals surface area contributed by atoms with Crippen molar-refractivity contribution < 1.29 is 13.9 Å². The predicted molar refractivity (Wildman–Crippen MR) is 90.1 cm³/mol. The zero-order chi connectivity index (χ0) is 16.2. The Hall–Kier alpha value is -2.81. The molecule has 3 aromatic rings. The molecule has 0 fully saturated rings. The highest BCUT2D eigenvalue weighted by Crippen LogP contribution is 2.27. The van der Waals surface area contributed by atoms with Crippen LogP contribution in [0.2, 0.25) is 0 Å². The van der Waals surface area contributed by atoms with Crippen molar-refractivity contribution in [1.82, 2.24) is 0 Å². The molecule has 1 heterocycles. The third-order valence-electron chi connectivity index (χ3n) is 3.46. The first-order valence-corrected chi connectivity index (χ1v) is 7.59. The second-order valence-corrected chi connectivity index (χ2v) is 5.59. The number of benzene rings is 2. The molecule has 3 heteroatoms. The van der Waals surface area contributed by atoms with Gasteiger partial charge in [0, 0.05) is 5.56 Å². The van der Waals surface area contributed by atoms with Crippen molar-refractivity contribution in [1.29, 1.82) is 0 Å². The van der Waals surface area contributed by atoms with E-state index < -0.39 is 0 Å². The van der Waals surface area contributed by atoms with Crippen LogP contribution in [0.3, 0.4) is 0 Å². The maximum Gasteiger partial charge on any atom is 0.338 e. The van der Waals surface area contributed by atoms with Crippen LogP contribution < -0.4 is 0 Å². The second kappa shape index (κ2) is 6.53. The summed E-state index contributed by atoms with van der Waals surface area (Å²) in [5.74, 6) is 0.542. The molecule has 0 spiro atoms. The van der Waals surface area contributed by atoms with Crippen LogP contribution in [0.4, 0.5) is 0 Å². The Morgan fingerprint density at radius 3 is 2.30 bits per heavy atom. The molecule has 0 aliphatic rings. The first-order valence-electron chi connectivity index (χ1n) is 7.59. The van der Waals surface area contributed by atoms with E-state index in [1.807, 2.05) is 56.3 Å². The lowest BCUT2D eigenvalue weighted by Gasteiger charge is -2.09. The minimum absolute atomic E-state index is 0.118. The van der Waals surface area contributed by atoms with E-state index in [9.17, 15) is 4.79 Å². The number of hydrogen-bond acceptors (Lipinski definition) is 3. The lowest BCUT2D eigenvalue weighted by molar-refractivity contribution is 0.0378. The Bertz CT molecular complexity index is 784. The number of carbonyl (C=O) groups is 1. The molecule has 0 unspecified atom stereocenters. The molecule has 0 atom stereocenters. The largest absolute Gasteiger partial charge is 0.464 e. The standard InChI is InChI=1S/C20H18O3/c1-14(2)23-20(21)16-10-8-15(9-11-16)17-5-3-6-18(13-17)19-7-4-12-22-19/h3-14H,1-2H3. The predicted octanol–water partition coefficient (Wildman–Crippen LogP) is 5.18. The Morgan fingerprint density at radius 2 is 1.65 bits per heavy atom. The van der Waals surface area contributed by atoms with Crippen LogP contribution in [0.25, 0.3) is 22.5 Å². The summed E-state index contributed by atoms with van der Waals surface area (Å²) >= 11 is 0. The molecule has 0 saturated carbocycles. The highest BCUT2D eigenvalue weighted by atomic mass is 16.5. The minimum atomic E-state index is -0.295. The number of furan rings is 1. The maximum absolute atomic E-state index is 11.9. The smallest absolute Gasteiger partial charge is 0.338 e. The van der Waals surface area contributed by atoms with Gasteiger partial charge in [-0.15, -0.1) is 0 Å². The van der Waals surface area contributed by atoms with Gasteiger partial charge < -0.3 is 9.15 Å². The average molecular weight is 306 g/mol. The van der Waals surface area contributed by atoms with Gasteiger partial charge in [-0.25, -0.2) is 4.79 Å². The van der Waals surface area contributed by atoms with Gasteiger partial charge in [-0.05, 0) is 55.3 Å². The monoisotopic (exact) mass is 306 g/mol. The molecule has 3 nitrogen and oxygen atoms in total. The molecule has 23 heavy (non-hydrogen) atoms. The van der Waals surface area contributed by atoms with Crippen LogP contribution in [0.5, 0.6) is 0 Å². The molecule has 0 radical (unpaired) electrons. The fourth-order valence-corrected chi connectivity index (χ4v) is 2.38. The molecule has 2 aromatic carbocycles. The Balaban J connectivity index is 1.85. The molecule has 0 amide bonds. The summed E-state index contributed by atoms with van der Waals surface area (Å²) in [7, 11) is 0. The van der Waals surface area contributed by atoms with E-state index in [0.29, 0.717) is 5.56 Å². The number of ether oxygens (including phenoxy) is 1. The Morgan fingerprint density at radius 1 is 0.913 bits per heavy atom. The molecule has 0 bridgehead atoms. The average Bonchev–Trinajstić information content (AvgIpc) is 3.09. The van der Waals surface area contributed by atoms with E-state index in [0.717, 1.165) is 22.5 Å². The van der Waals surface area contributed by atoms with E-state index in [4.69, 9.17) is 9.15 Å². The topological polar surface area (TPSA) is 39.4 Å². The summed E-state index contributed by atoms with van der Waals surface area (Å²) in [5.41, 5.74) is 3.70. The van der Waals surface area contributed by atoms with Crippen LogP contribution in [0.15, 0.2) is 71.3 Å². The van der Waals surface area contributed by atoms with Gasteiger partial charge in [0.25, 0.3) is 0 Å². The van der Waals surface area contributed by atoms with Crippen molar-refractivity contribution >= 4 is 5.97 Å². The van der Waals surface area contributed by atoms with Gasteiger partial charge in [0.15, 0.2) is 0 Å². The van der Waals surface area contributed by atoms with E-state index in [1.54, 1.807) is 18.4 Å². The number of rotatable bonds is 4. The molecular formula is C20H18O3. The first kappa shape index (κ1) is 15.1. The number of hydrogen-bond donors (Lipinski definition) is 0. The van der Waals surface area contributed by atoms with Crippen LogP contribution in [-0.4, -0.2) is 12.1 Å². The normalized spacial score (nSPS) is 10.7. The first-order chi connectivity index (χ1) is 11.1. The van der Waals surface area contributed by atoms with Crippen molar-refractivity contribution in [2.45, 2.75) is 20.0 Å². The van der Waals surface area contributed by atoms with Gasteiger partial charge in [0.05, 0.1) is 17.9 Å². The van der Waals surface area contributed by atoms with Crippen LogP contribution in [0, 0.1) is 0 Å². The molecular weight excluding hydrogens is 288 g/mol. The van der Waals surface area contributed by atoms with Gasteiger partial charge in [-0.1, -0.05) is 30.3 Å². The summed E-state index contributed by atoms with van der Waals surface area (Å²) in [5, 5.41) is 0. The third kappa shape index (κ3) is 3.51. The van der Waals surface area contributed by atoms with Gasteiger partial charge in [-0.3, -0.25) is 0 Å².